The van der Waals surface area contributed by atoms with E-state index < -0.39 is 17.7 Å². The summed E-state index contributed by atoms with van der Waals surface area (Å²) in [6.45, 7) is 0.218. The number of anilines is 2. The summed E-state index contributed by atoms with van der Waals surface area (Å²) < 4.78 is 19.1. The molecule has 0 unspecified atom stereocenters. The number of rotatable bonds is 4. The first-order valence-corrected chi connectivity index (χ1v) is 9.14. The van der Waals surface area contributed by atoms with Crippen LogP contribution < -0.4 is 9.80 Å². The highest BCUT2D eigenvalue weighted by atomic mass is 19.1. The van der Waals surface area contributed by atoms with Crippen molar-refractivity contribution >= 4 is 29.2 Å². The molecule has 0 spiro atoms. The van der Waals surface area contributed by atoms with Crippen molar-refractivity contribution < 1.29 is 23.5 Å². The molecule has 2 aliphatic heterocycles. The number of para-hydroxylation sites is 2. The molecule has 2 amide bonds. The Bertz CT molecular complexity index is 946. The Labute approximate surface area is 161 Å². The van der Waals surface area contributed by atoms with Gasteiger partial charge in [0.1, 0.15) is 5.82 Å². The van der Waals surface area contributed by atoms with E-state index >= 15 is 0 Å². The third-order valence-corrected chi connectivity index (χ3v) is 5.13. The van der Waals surface area contributed by atoms with Gasteiger partial charge >= 0.3 is 5.97 Å². The Morgan fingerprint density at radius 3 is 2.57 bits per heavy atom. The normalized spacial score (nSPS) is 18.3. The molecule has 28 heavy (non-hydrogen) atoms. The van der Waals surface area contributed by atoms with Crippen molar-refractivity contribution in [2.24, 2.45) is 5.92 Å². The van der Waals surface area contributed by atoms with Crippen LogP contribution in [0.5, 0.6) is 0 Å². The van der Waals surface area contributed by atoms with E-state index in [1.165, 1.54) is 23.1 Å². The van der Waals surface area contributed by atoms with Crippen LogP contribution in [0.2, 0.25) is 0 Å². The summed E-state index contributed by atoms with van der Waals surface area (Å²) in [5, 5.41) is 0. The Balaban J connectivity index is 1.35. The molecule has 6 nitrogen and oxygen atoms in total. The van der Waals surface area contributed by atoms with E-state index in [1.807, 2.05) is 24.3 Å². The zero-order chi connectivity index (χ0) is 19.7. The maximum absolute atomic E-state index is 13.9. The highest BCUT2D eigenvalue weighted by molar-refractivity contribution is 6.00. The molecule has 1 saturated heterocycles. The SMILES string of the molecule is O=C(OCC(=O)N1CCc2ccccc21)[C@H]1CC(=O)N(c2ccccc2F)C1. The predicted molar refractivity (Wildman–Crippen MR) is 100 cm³/mol. The van der Waals surface area contributed by atoms with Gasteiger partial charge in [0, 0.05) is 25.2 Å². The summed E-state index contributed by atoms with van der Waals surface area (Å²) in [4.78, 5) is 39.9. The van der Waals surface area contributed by atoms with Crippen molar-refractivity contribution in [3.63, 3.8) is 0 Å². The number of nitrogens with zero attached hydrogens (tertiary/aromatic N) is 2. The summed E-state index contributed by atoms with van der Waals surface area (Å²) in [6, 6.07) is 13.5. The van der Waals surface area contributed by atoms with E-state index in [9.17, 15) is 18.8 Å². The smallest absolute Gasteiger partial charge is 0.311 e. The zero-order valence-corrected chi connectivity index (χ0v) is 15.1. The average Bonchev–Trinajstić information content (AvgIpc) is 3.30. The lowest BCUT2D eigenvalue weighted by atomic mass is 10.1. The third kappa shape index (κ3) is 3.35. The van der Waals surface area contributed by atoms with Gasteiger partial charge in [-0.1, -0.05) is 30.3 Å². The number of carbonyl (C=O) groups is 3. The molecule has 0 radical (unpaired) electrons. The van der Waals surface area contributed by atoms with E-state index in [-0.39, 0.29) is 37.1 Å². The summed E-state index contributed by atoms with van der Waals surface area (Å²) in [5.74, 6) is -2.49. The van der Waals surface area contributed by atoms with Crippen molar-refractivity contribution in [3.05, 3.63) is 59.9 Å². The molecule has 0 saturated carbocycles. The summed E-state index contributed by atoms with van der Waals surface area (Å²) in [5.41, 5.74) is 2.07. The topological polar surface area (TPSA) is 66.9 Å². The molecule has 0 bridgehead atoms. The minimum atomic E-state index is -0.717. The average molecular weight is 382 g/mol. The quantitative estimate of drug-likeness (QED) is 0.761. The maximum atomic E-state index is 13.9. The Morgan fingerprint density at radius 2 is 1.79 bits per heavy atom. The highest BCUT2D eigenvalue weighted by Crippen LogP contribution is 2.29. The largest absolute Gasteiger partial charge is 0.455 e. The Hall–Kier alpha value is -3.22. The van der Waals surface area contributed by atoms with Gasteiger partial charge in [-0.25, -0.2) is 4.39 Å². The second-order valence-corrected chi connectivity index (χ2v) is 6.89. The van der Waals surface area contributed by atoms with Gasteiger partial charge in [0.2, 0.25) is 5.91 Å². The van der Waals surface area contributed by atoms with Gasteiger partial charge < -0.3 is 14.5 Å². The van der Waals surface area contributed by atoms with Crippen molar-refractivity contribution in [2.75, 3.05) is 29.5 Å². The lowest BCUT2D eigenvalue weighted by molar-refractivity contribution is -0.151. The number of carbonyl (C=O) groups excluding carboxylic acids is 3. The van der Waals surface area contributed by atoms with Crippen LogP contribution in [0, 0.1) is 11.7 Å². The van der Waals surface area contributed by atoms with Crippen LogP contribution in [0.25, 0.3) is 0 Å². The summed E-state index contributed by atoms with van der Waals surface area (Å²) in [6.07, 6.45) is 0.707. The standard InChI is InChI=1S/C21H19FN2O4/c22-16-6-2-4-8-18(16)24-12-15(11-19(24)25)21(27)28-13-20(26)23-10-9-14-5-1-3-7-17(14)23/h1-8,15H,9-13H2/t15-/m0/s1. The minimum Gasteiger partial charge on any atom is -0.455 e. The summed E-state index contributed by atoms with van der Waals surface area (Å²) in [7, 11) is 0. The Kier molecular flexibility index (Phi) is 4.81. The zero-order valence-electron chi connectivity index (χ0n) is 15.1. The molecule has 2 aromatic carbocycles. The van der Waals surface area contributed by atoms with E-state index in [0.717, 1.165) is 17.7 Å². The fourth-order valence-electron chi connectivity index (χ4n) is 3.69. The number of benzene rings is 2. The molecule has 0 aliphatic carbocycles. The van der Waals surface area contributed by atoms with Crippen LogP contribution >= 0.6 is 0 Å². The number of amides is 2. The van der Waals surface area contributed by atoms with Crippen LogP contribution in [0.3, 0.4) is 0 Å². The fraction of sp³-hybridized carbons (Fsp3) is 0.286. The first-order valence-electron chi connectivity index (χ1n) is 9.14. The van der Waals surface area contributed by atoms with Crippen LogP contribution in [-0.2, 0) is 25.5 Å². The van der Waals surface area contributed by atoms with Crippen molar-refractivity contribution in [1.82, 2.24) is 0 Å². The summed E-state index contributed by atoms with van der Waals surface area (Å²) >= 11 is 0. The second kappa shape index (κ2) is 7.42. The predicted octanol–water partition coefficient (Wildman–Crippen LogP) is 2.31. The molecule has 0 aromatic heterocycles. The van der Waals surface area contributed by atoms with Gasteiger partial charge in [0.25, 0.3) is 5.91 Å². The van der Waals surface area contributed by atoms with Crippen LogP contribution in [0.4, 0.5) is 15.8 Å². The maximum Gasteiger partial charge on any atom is 0.311 e. The van der Waals surface area contributed by atoms with E-state index in [2.05, 4.69) is 0 Å². The molecule has 1 atom stereocenters. The molecule has 2 aliphatic rings. The molecular weight excluding hydrogens is 363 g/mol. The molecule has 144 valence electrons. The molecular formula is C21H19FN2O4. The highest BCUT2D eigenvalue weighted by Gasteiger charge is 2.37. The second-order valence-electron chi connectivity index (χ2n) is 6.89. The number of hydrogen-bond acceptors (Lipinski definition) is 4. The van der Waals surface area contributed by atoms with Crippen LogP contribution in [0.1, 0.15) is 12.0 Å². The lowest BCUT2D eigenvalue weighted by Crippen LogP contribution is -2.34. The van der Waals surface area contributed by atoms with Gasteiger partial charge in [-0.15, -0.1) is 0 Å². The van der Waals surface area contributed by atoms with Gasteiger partial charge in [-0.3, -0.25) is 14.4 Å². The van der Waals surface area contributed by atoms with Gasteiger partial charge in [0.05, 0.1) is 11.6 Å². The molecule has 0 N–H and O–H groups in total. The van der Waals surface area contributed by atoms with E-state index in [4.69, 9.17) is 4.74 Å². The Morgan fingerprint density at radius 1 is 1.07 bits per heavy atom. The fourth-order valence-corrected chi connectivity index (χ4v) is 3.69. The van der Waals surface area contributed by atoms with Gasteiger partial charge in [-0.05, 0) is 30.2 Å². The van der Waals surface area contributed by atoms with Crippen molar-refractivity contribution in [1.29, 1.82) is 0 Å². The first-order chi connectivity index (χ1) is 13.5. The number of halogens is 1. The third-order valence-electron chi connectivity index (χ3n) is 5.13. The first kappa shape index (κ1) is 18.2. The molecule has 1 fully saturated rings. The van der Waals surface area contributed by atoms with Crippen molar-refractivity contribution in [3.8, 4) is 0 Å². The lowest BCUT2D eigenvalue weighted by Gasteiger charge is -2.18. The molecule has 2 heterocycles. The monoisotopic (exact) mass is 382 g/mol. The number of esters is 1. The molecule has 4 rings (SSSR count). The number of fused-ring (bicyclic) bond motifs is 1. The number of ether oxygens (including phenoxy) is 1. The van der Waals surface area contributed by atoms with E-state index in [0.29, 0.717) is 6.54 Å². The van der Waals surface area contributed by atoms with Gasteiger partial charge in [0.15, 0.2) is 6.61 Å². The van der Waals surface area contributed by atoms with Gasteiger partial charge in [-0.2, -0.15) is 0 Å². The minimum absolute atomic E-state index is 0.0410. The van der Waals surface area contributed by atoms with Crippen LogP contribution in [-0.4, -0.2) is 37.5 Å². The molecule has 7 heteroatoms. The molecule has 2 aromatic rings. The van der Waals surface area contributed by atoms with Crippen molar-refractivity contribution in [2.45, 2.75) is 12.8 Å². The number of hydrogen-bond donors (Lipinski definition) is 0. The van der Waals surface area contributed by atoms with Crippen LogP contribution in [0.15, 0.2) is 48.5 Å². The van der Waals surface area contributed by atoms with E-state index in [1.54, 1.807) is 11.0 Å².